The molecule has 6 heteroatoms. The van der Waals surface area contributed by atoms with Gasteiger partial charge in [-0.1, -0.05) is 0 Å². The zero-order valence-corrected chi connectivity index (χ0v) is 12.9. The Hall–Kier alpha value is -1.82. The van der Waals surface area contributed by atoms with Crippen LogP contribution in [0, 0.1) is 0 Å². The van der Waals surface area contributed by atoms with Crippen LogP contribution in [0.2, 0.25) is 0 Å². The number of fused-ring (bicyclic) bond motifs is 1. The van der Waals surface area contributed by atoms with E-state index in [1.165, 1.54) is 12.8 Å². The second-order valence-corrected chi connectivity index (χ2v) is 6.15. The molecular weight excluding hydrogens is 334 g/mol. The summed E-state index contributed by atoms with van der Waals surface area (Å²) in [5, 5.41) is 0. The number of nitrogens with zero attached hydrogens (tertiary/aromatic N) is 2. The van der Waals surface area contributed by atoms with Crippen molar-refractivity contribution in [2.45, 2.75) is 18.8 Å². The molecule has 21 heavy (non-hydrogen) atoms. The van der Waals surface area contributed by atoms with Crippen LogP contribution >= 0.6 is 15.9 Å². The van der Waals surface area contributed by atoms with Gasteiger partial charge in [-0.15, -0.1) is 0 Å². The molecule has 2 aromatic rings. The number of nitrogen functional groups attached to an aromatic ring is 1. The molecule has 0 bridgehead atoms. The first kappa shape index (κ1) is 12.9. The van der Waals surface area contributed by atoms with Crippen LogP contribution in [0.5, 0.6) is 11.5 Å². The molecule has 1 aromatic carbocycles. The smallest absolute Gasteiger partial charge is 0.175 e. The number of halogens is 1. The Balaban J connectivity index is 1.81. The summed E-state index contributed by atoms with van der Waals surface area (Å²) in [5.41, 5.74) is 7.83. The van der Waals surface area contributed by atoms with E-state index in [9.17, 15) is 0 Å². The molecule has 1 fully saturated rings. The number of nitrogens with two attached hydrogens (primary N) is 1. The highest BCUT2D eigenvalue weighted by Crippen LogP contribution is 2.42. The maximum atomic E-state index is 5.92. The van der Waals surface area contributed by atoms with Gasteiger partial charge in [-0.25, -0.2) is 9.97 Å². The number of rotatable bonds is 2. The highest BCUT2D eigenvalue weighted by Gasteiger charge is 2.26. The molecule has 2 heterocycles. The first-order chi connectivity index (χ1) is 10.2. The average Bonchev–Trinajstić information content (AvgIpc) is 3.31. The average molecular weight is 348 g/mol. The van der Waals surface area contributed by atoms with Crippen molar-refractivity contribution in [3.05, 3.63) is 28.4 Å². The van der Waals surface area contributed by atoms with Crippen molar-refractivity contribution >= 4 is 21.7 Å². The molecule has 4 rings (SSSR count). The highest BCUT2D eigenvalue weighted by molar-refractivity contribution is 9.10. The molecule has 1 aromatic heterocycles. The van der Waals surface area contributed by atoms with E-state index in [1.807, 2.05) is 18.2 Å². The Morgan fingerprint density at radius 2 is 1.90 bits per heavy atom. The lowest BCUT2D eigenvalue weighted by Gasteiger charge is -2.20. The van der Waals surface area contributed by atoms with Crippen molar-refractivity contribution in [2.75, 3.05) is 18.9 Å². The van der Waals surface area contributed by atoms with Crippen LogP contribution in [0.1, 0.15) is 24.5 Å². The summed E-state index contributed by atoms with van der Waals surface area (Å²) < 4.78 is 12.1. The molecule has 1 saturated carbocycles. The molecule has 2 aliphatic rings. The van der Waals surface area contributed by atoms with Crippen LogP contribution in [0.4, 0.5) is 5.82 Å². The van der Waals surface area contributed by atoms with Gasteiger partial charge in [0.1, 0.15) is 19.0 Å². The second-order valence-electron chi connectivity index (χ2n) is 5.30. The normalized spacial score (nSPS) is 16.8. The fourth-order valence-corrected chi connectivity index (χ4v) is 3.00. The van der Waals surface area contributed by atoms with Crippen LogP contribution in [0.25, 0.3) is 11.4 Å². The molecule has 2 N–H and O–H groups in total. The fourth-order valence-electron chi connectivity index (χ4n) is 2.44. The van der Waals surface area contributed by atoms with Crippen LogP contribution in [0.15, 0.2) is 22.7 Å². The van der Waals surface area contributed by atoms with E-state index in [-0.39, 0.29) is 0 Å². The summed E-state index contributed by atoms with van der Waals surface area (Å²) >= 11 is 3.52. The van der Waals surface area contributed by atoms with E-state index in [0.717, 1.165) is 21.5 Å². The predicted octanol–water partition coefficient (Wildman–Crippen LogP) is 3.14. The molecule has 1 aliphatic heterocycles. The van der Waals surface area contributed by atoms with Gasteiger partial charge in [0, 0.05) is 23.2 Å². The predicted molar refractivity (Wildman–Crippen MR) is 82.5 cm³/mol. The minimum Gasteiger partial charge on any atom is -0.486 e. The van der Waals surface area contributed by atoms with Gasteiger partial charge in [0.05, 0.1) is 4.47 Å². The summed E-state index contributed by atoms with van der Waals surface area (Å²) in [7, 11) is 0. The van der Waals surface area contributed by atoms with Crippen molar-refractivity contribution in [2.24, 2.45) is 0 Å². The summed E-state index contributed by atoms with van der Waals surface area (Å²) in [5.74, 6) is 3.12. The third kappa shape index (κ3) is 2.44. The van der Waals surface area contributed by atoms with E-state index in [1.54, 1.807) is 0 Å². The third-order valence-electron chi connectivity index (χ3n) is 3.62. The van der Waals surface area contributed by atoms with Crippen molar-refractivity contribution < 1.29 is 9.47 Å². The summed E-state index contributed by atoms with van der Waals surface area (Å²) in [6, 6.07) is 5.72. The molecule has 0 amide bonds. The number of hydrogen-bond acceptors (Lipinski definition) is 5. The van der Waals surface area contributed by atoms with Crippen molar-refractivity contribution in [1.82, 2.24) is 9.97 Å². The second kappa shape index (κ2) is 4.87. The number of ether oxygens (including phenoxy) is 2. The third-order valence-corrected chi connectivity index (χ3v) is 4.21. The molecule has 0 radical (unpaired) electrons. The highest BCUT2D eigenvalue weighted by atomic mass is 79.9. The first-order valence-electron chi connectivity index (χ1n) is 6.94. The molecule has 1 aliphatic carbocycles. The number of anilines is 1. The number of benzene rings is 1. The monoisotopic (exact) mass is 347 g/mol. The topological polar surface area (TPSA) is 70.3 Å². The standard InChI is InChI=1S/C15H14BrN3O2/c16-10-5-9(6-12-14(10)21-4-3-20-12)15-18-11(8-1-2-8)7-13(17)19-15/h5-8H,1-4H2,(H2,17,18,19). The van der Waals surface area contributed by atoms with Crippen LogP contribution < -0.4 is 15.2 Å². The lowest BCUT2D eigenvalue weighted by molar-refractivity contribution is 0.170. The van der Waals surface area contributed by atoms with E-state index < -0.39 is 0 Å². The molecule has 0 saturated heterocycles. The minimum atomic E-state index is 0.507. The quantitative estimate of drug-likeness (QED) is 0.903. The fraction of sp³-hybridized carbons (Fsp3) is 0.333. The molecular formula is C15H14BrN3O2. The molecule has 0 spiro atoms. The van der Waals surface area contributed by atoms with Gasteiger partial charge in [0.2, 0.25) is 0 Å². The largest absolute Gasteiger partial charge is 0.486 e. The minimum absolute atomic E-state index is 0.507. The lowest BCUT2D eigenvalue weighted by Crippen LogP contribution is -2.15. The van der Waals surface area contributed by atoms with Crippen molar-refractivity contribution in [1.29, 1.82) is 0 Å². The van der Waals surface area contributed by atoms with Gasteiger partial charge in [-0.05, 0) is 40.9 Å². The molecule has 0 unspecified atom stereocenters. The van der Waals surface area contributed by atoms with Gasteiger partial charge >= 0.3 is 0 Å². The molecule has 108 valence electrons. The van der Waals surface area contributed by atoms with Crippen molar-refractivity contribution in [3.63, 3.8) is 0 Å². The van der Waals surface area contributed by atoms with Crippen LogP contribution in [-0.4, -0.2) is 23.2 Å². The SMILES string of the molecule is Nc1cc(C2CC2)nc(-c2cc(Br)c3c(c2)OCCO3)n1. The molecule has 0 atom stereocenters. The maximum Gasteiger partial charge on any atom is 0.175 e. The number of aromatic nitrogens is 2. The van der Waals surface area contributed by atoms with Gasteiger partial charge < -0.3 is 15.2 Å². The maximum absolute atomic E-state index is 5.92. The van der Waals surface area contributed by atoms with Gasteiger partial charge in [-0.3, -0.25) is 0 Å². The van der Waals surface area contributed by atoms with Crippen LogP contribution in [-0.2, 0) is 0 Å². The van der Waals surface area contributed by atoms with Gasteiger partial charge in [0.15, 0.2) is 17.3 Å². The van der Waals surface area contributed by atoms with E-state index in [0.29, 0.717) is 36.5 Å². The van der Waals surface area contributed by atoms with Crippen LogP contribution in [0.3, 0.4) is 0 Å². The number of hydrogen-bond donors (Lipinski definition) is 1. The lowest BCUT2D eigenvalue weighted by atomic mass is 10.1. The summed E-state index contributed by atoms with van der Waals surface area (Å²) in [6.45, 7) is 1.11. The Kier molecular flexibility index (Phi) is 2.99. The van der Waals surface area contributed by atoms with Gasteiger partial charge in [0.25, 0.3) is 0 Å². The van der Waals surface area contributed by atoms with Crippen molar-refractivity contribution in [3.8, 4) is 22.9 Å². The zero-order valence-electron chi connectivity index (χ0n) is 11.3. The molecule has 5 nitrogen and oxygen atoms in total. The van der Waals surface area contributed by atoms with Gasteiger partial charge in [-0.2, -0.15) is 0 Å². The van der Waals surface area contributed by atoms with E-state index in [2.05, 4.69) is 25.9 Å². The Morgan fingerprint density at radius 1 is 1.10 bits per heavy atom. The summed E-state index contributed by atoms with van der Waals surface area (Å²) in [6.07, 6.45) is 2.36. The Morgan fingerprint density at radius 3 is 2.71 bits per heavy atom. The Bertz CT molecular complexity index is 716. The Labute approximate surface area is 130 Å². The van der Waals surface area contributed by atoms with E-state index >= 15 is 0 Å². The van der Waals surface area contributed by atoms with E-state index in [4.69, 9.17) is 15.2 Å². The summed E-state index contributed by atoms with van der Waals surface area (Å²) in [4.78, 5) is 9.00. The zero-order chi connectivity index (χ0) is 14.4. The first-order valence-corrected chi connectivity index (χ1v) is 7.74.